The topological polar surface area (TPSA) is 72.2 Å². The van der Waals surface area contributed by atoms with E-state index in [0.29, 0.717) is 5.56 Å². The van der Waals surface area contributed by atoms with Crippen LogP contribution in [-0.2, 0) is 9.59 Å². The summed E-state index contributed by atoms with van der Waals surface area (Å²) in [5.74, 6) is -2.52. The van der Waals surface area contributed by atoms with Gasteiger partial charge in [0.2, 0.25) is 0 Å². The standard InChI is InChI=1S/C9H9FN2O2/c1-5-2-3-6(4-7(5)10)12-9(14)8(11)13/h2-4H,1H3,(H2,11,13)(H,12,14). The predicted molar refractivity (Wildman–Crippen MR) is 49.0 cm³/mol. The Morgan fingerprint density at radius 3 is 2.57 bits per heavy atom. The lowest BCUT2D eigenvalue weighted by molar-refractivity contribution is -0.134. The van der Waals surface area contributed by atoms with Gasteiger partial charge in [-0.1, -0.05) is 6.07 Å². The average Bonchev–Trinajstić information content (AvgIpc) is 2.11. The van der Waals surface area contributed by atoms with E-state index in [-0.39, 0.29) is 5.69 Å². The van der Waals surface area contributed by atoms with Crippen LogP contribution in [-0.4, -0.2) is 11.8 Å². The van der Waals surface area contributed by atoms with Gasteiger partial charge in [-0.25, -0.2) is 4.39 Å². The van der Waals surface area contributed by atoms with E-state index in [1.165, 1.54) is 12.1 Å². The molecular weight excluding hydrogens is 187 g/mol. The first-order valence-corrected chi connectivity index (χ1v) is 3.87. The zero-order chi connectivity index (χ0) is 10.7. The van der Waals surface area contributed by atoms with Crippen molar-refractivity contribution in [1.29, 1.82) is 0 Å². The summed E-state index contributed by atoms with van der Waals surface area (Å²) in [5.41, 5.74) is 5.37. The van der Waals surface area contributed by atoms with Gasteiger partial charge in [0.05, 0.1) is 0 Å². The highest BCUT2D eigenvalue weighted by Gasteiger charge is 2.09. The van der Waals surface area contributed by atoms with Gasteiger partial charge in [0.15, 0.2) is 0 Å². The molecule has 3 N–H and O–H groups in total. The minimum absolute atomic E-state index is 0.205. The number of primary amides is 1. The molecule has 74 valence electrons. The van der Waals surface area contributed by atoms with E-state index >= 15 is 0 Å². The highest BCUT2D eigenvalue weighted by Crippen LogP contribution is 2.13. The van der Waals surface area contributed by atoms with Crippen molar-refractivity contribution in [2.75, 3.05) is 5.32 Å². The van der Waals surface area contributed by atoms with Crippen molar-refractivity contribution in [2.24, 2.45) is 5.73 Å². The van der Waals surface area contributed by atoms with E-state index < -0.39 is 17.6 Å². The number of aryl methyl sites for hydroxylation is 1. The van der Waals surface area contributed by atoms with Crippen LogP contribution in [0.2, 0.25) is 0 Å². The fourth-order valence-electron chi connectivity index (χ4n) is 0.863. The largest absolute Gasteiger partial charge is 0.361 e. The number of hydrogen-bond acceptors (Lipinski definition) is 2. The van der Waals surface area contributed by atoms with Crippen LogP contribution in [0.15, 0.2) is 18.2 Å². The molecule has 0 saturated carbocycles. The van der Waals surface area contributed by atoms with E-state index in [4.69, 9.17) is 5.73 Å². The normalized spacial score (nSPS) is 9.57. The number of hydrogen-bond donors (Lipinski definition) is 2. The van der Waals surface area contributed by atoms with Crippen LogP contribution in [0.4, 0.5) is 10.1 Å². The van der Waals surface area contributed by atoms with Crippen molar-refractivity contribution in [3.8, 4) is 0 Å². The van der Waals surface area contributed by atoms with Crippen molar-refractivity contribution in [2.45, 2.75) is 6.92 Å². The molecule has 0 radical (unpaired) electrons. The van der Waals surface area contributed by atoms with Gasteiger partial charge in [-0.15, -0.1) is 0 Å². The molecular formula is C9H9FN2O2. The van der Waals surface area contributed by atoms with Crippen LogP contribution in [0, 0.1) is 12.7 Å². The quantitative estimate of drug-likeness (QED) is 0.644. The molecule has 2 amide bonds. The molecule has 0 spiro atoms. The van der Waals surface area contributed by atoms with Crippen LogP contribution in [0.3, 0.4) is 0 Å². The van der Waals surface area contributed by atoms with E-state index in [1.807, 2.05) is 0 Å². The molecule has 1 rings (SSSR count). The lowest BCUT2D eigenvalue weighted by Crippen LogP contribution is -2.29. The van der Waals surface area contributed by atoms with Gasteiger partial charge in [0.1, 0.15) is 5.82 Å². The van der Waals surface area contributed by atoms with Crippen LogP contribution in [0.5, 0.6) is 0 Å². The van der Waals surface area contributed by atoms with Gasteiger partial charge in [0.25, 0.3) is 0 Å². The summed E-state index contributed by atoms with van der Waals surface area (Å²) < 4.78 is 13.0. The third kappa shape index (κ3) is 2.29. The molecule has 0 atom stereocenters. The molecule has 0 aliphatic rings. The maximum Gasteiger partial charge on any atom is 0.313 e. The number of rotatable bonds is 1. The molecule has 1 aromatic carbocycles. The van der Waals surface area contributed by atoms with Crippen molar-refractivity contribution in [3.05, 3.63) is 29.6 Å². The summed E-state index contributed by atoms with van der Waals surface area (Å²) in [6.45, 7) is 1.59. The zero-order valence-electron chi connectivity index (χ0n) is 7.50. The Kier molecular flexibility index (Phi) is 2.81. The fraction of sp³-hybridized carbons (Fsp3) is 0.111. The van der Waals surface area contributed by atoms with Crippen molar-refractivity contribution >= 4 is 17.5 Å². The van der Waals surface area contributed by atoms with Crippen molar-refractivity contribution < 1.29 is 14.0 Å². The van der Waals surface area contributed by atoms with E-state index in [9.17, 15) is 14.0 Å². The fourth-order valence-corrected chi connectivity index (χ4v) is 0.863. The number of halogens is 1. The predicted octanol–water partition coefficient (Wildman–Crippen LogP) is 0.558. The summed E-state index contributed by atoms with van der Waals surface area (Å²) in [5, 5.41) is 2.16. The summed E-state index contributed by atoms with van der Waals surface area (Å²) in [6, 6.07) is 4.10. The Hall–Kier alpha value is -1.91. The molecule has 5 heteroatoms. The van der Waals surface area contributed by atoms with Gasteiger partial charge < -0.3 is 11.1 Å². The third-order valence-electron chi connectivity index (χ3n) is 1.65. The minimum atomic E-state index is -1.11. The highest BCUT2D eigenvalue weighted by atomic mass is 19.1. The first kappa shape index (κ1) is 10.2. The summed E-state index contributed by atoms with van der Waals surface area (Å²) in [7, 11) is 0. The molecule has 0 aliphatic heterocycles. The lowest BCUT2D eigenvalue weighted by Gasteiger charge is -2.03. The maximum atomic E-state index is 13.0. The molecule has 1 aromatic rings. The van der Waals surface area contributed by atoms with Crippen molar-refractivity contribution in [3.63, 3.8) is 0 Å². The molecule has 0 aromatic heterocycles. The molecule has 4 nitrogen and oxygen atoms in total. The Morgan fingerprint density at radius 1 is 1.43 bits per heavy atom. The molecule has 0 saturated heterocycles. The first-order valence-electron chi connectivity index (χ1n) is 3.87. The highest BCUT2D eigenvalue weighted by molar-refractivity contribution is 6.39. The number of carbonyl (C=O) groups excluding carboxylic acids is 2. The number of nitrogens with two attached hydrogens (primary N) is 1. The van der Waals surface area contributed by atoms with Gasteiger partial charge in [-0.05, 0) is 24.6 Å². The Bertz CT molecular complexity index is 390. The minimum Gasteiger partial charge on any atom is -0.361 e. The summed E-state index contributed by atoms with van der Waals surface area (Å²) >= 11 is 0. The number of anilines is 1. The Labute approximate surface area is 79.9 Å². The van der Waals surface area contributed by atoms with E-state index in [0.717, 1.165) is 6.07 Å². The number of carbonyl (C=O) groups is 2. The van der Waals surface area contributed by atoms with Crippen LogP contribution in [0.25, 0.3) is 0 Å². The monoisotopic (exact) mass is 196 g/mol. The summed E-state index contributed by atoms with van der Waals surface area (Å²) in [6.07, 6.45) is 0. The molecule has 0 aliphatic carbocycles. The van der Waals surface area contributed by atoms with Crippen LogP contribution < -0.4 is 11.1 Å². The van der Waals surface area contributed by atoms with Crippen LogP contribution >= 0.6 is 0 Å². The molecule has 0 bridgehead atoms. The SMILES string of the molecule is Cc1ccc(NC(=O)C(N)=O)cc1F. The van der Waals surface area contributed by atoms with Crippen molar-refractivity contribution in [1.82, 2.24) is 0 Å². The molecule has 0 unspecified atom stereocenters. The second kappa shape index (κ2) is 3.87. The lowest BCUT2D eigenvalue weighted by atomic mass is 10.2. The smallest absolute Gasteiger partial charge is 0.313 e. The maximum absolute atomic E-state index is 13.0. The molecule has 14 heavy (non-hydrogen) atoms. The van der Waals surface area contributed by atoms with Gasteiger partial charge in [-0.3, -0.25) is 9.59 Å². The Balaban J connectivity index is 2.83. The van der Waals surface area contributed by atoms with E-state index in [1.54, 1.807) is 6.92 Å². The van der Waals surface area contributed by atoms with Gasteiger partial charge in [0, 0.05) is 5.69 Å². The zero-order valence-corrected chi connectivity index (χ0v) is 7.50. The van der Waals surface area contributed by atoms with Gasteiger partial charge >= 0.3 is 11.8 Å². The van der Waals surface area contributed by atoms with E-state index in [2.05, 4.69) is 5.32 Å². The second-order valence-corrected chi connectivity index (χ2v) is 2.78. The number of benzene rings is 1. The van der Waals surface area contributed by atoms with Gasteiger partial charge in [-0.2, -0.15) is 0 Å². The average molecular weight is 196 g/mol. The third-order valence-corrected chi connectivity index (χ3v) is 1.65. The van der Waals surface area contributed by atoms with Crippen LogP contribution in [0.1, 0.15) is 5.56 Å². The first-order chi connectivity index (χ1) is 6.50. The number of nitrogens with one attached hydrogen (secondary N) is 1. The molecule has 0 fully saturated rings. The second-order valence-electron chi connectivity index (χ2n) is 2.78. The molecule has 0 heterocycles. The number of amides is 2. The summed E-state index contributed by atoms with van der Waals surface area (Å²) in [4.78, 5) is 21.2. The Morgan fingerprint density at radius 2 is 2.07 bits per heavy atom.